The topological polar surface area (TPSA) is 21.3 Å². The van der Waals surface area contributed by atoms with Gasteiger partial charge in [0.15, 0.2) is 0 Å². The second kappa shape index (κ2) is 3.98. The molecule has 0 aliphatic carbocycles. The van der Waals surface area contributed by atoms with Crippen molar-refractivity contribution in [3.8, 4) is 5.75 Å². The average Bonchev–Trinajstić information content (AvgIpc) is 2.04. The van der Waals surface area contributed by atoms with E-state index in [2.05, 4.69) is 12.2 Å². The number of nitrogens with one attached hydrogen (secondary N) is 1. The first-order valence-electron chi connectivity index (χ1n) is 3.67. The van der Waals surface area contributed by atoms with Crippen LogP contribution in [0.15, 0.2) is 24.3 Å². The van der Waals surface area contributed by atoms with Crippen LogP contribution in [-0.4, -0.2) is 13.8 Å². The minimum Gasteiger partial charge on any atom is -0.478 e. The van der Waals surface area contributed by atoms with Crippen molar-refractivity contribution in [3.05, 3.63) is 29.8 Å². The first-order valence-corrected chi connectivity index (χ1v) is 3.67. The molecule has 0 aromatic heterocycles. The molecule has 1 N–H and O–H groups in total. The Morgan fingerprint density at radius 2 is 1.91 bits per heavy atom. The molecule has 2 nitrogen and oxygen atoms in total. The SMILES string of the molecule is CNCOc1ccc(C)cc1. The van der Waals surface area contributed by atoms with E-state index in [1.54, 1.807) is 0 Å². The zero-order chi connectivity index (χ0) is 8.10. The molecule has 0 radical (unpaired) electrons. The molecule has 1 rings (SSSR count). The summed E-state index contributed by atoms with van der Waals surface area (Å²) in [6.07, 6.45) is 0. The van der Waals surface area contributed by atoms with Gasteiger partial charge in [0.05, 0.1) is 0 Å². The molecule has 0 bridgehead atoms. The number of ether oxygens (including phenoxy) is 1. The van der Waals surface area contributed by atoms with E-state index in [9.17, 15) is 0 Å². The van der Waals surface area contributed by atoms with Crippen LogP contribution in [0.3, 0.4) is 0 Å². The van der Waals surface area contributed by atoms with Gasteiger partial charge in [0.1, 0.15) is 12.5 Å². The van der Waals surface area contributed by atoms with Crippen molar-refractivity contribution < 1.29 is 4.74 Å². The van der Waals surface area contributed by atoms with Crippen LogP contribution >= 0.6 is 0 Å². The van der Waals surface area contributed by atoms with Gasteiger partial charge in [0.2, 0.25) is 0 Å². The van der Waals surface area contributed by atoms with Gasteiger partial charge in [-0.1, -0.05) is 17.7 Å². The minimum absolute atomic E-state index is 0.559. The highest BCUT2D eigenvalue weighted by Crippen LogP contribution is 2.10. The number of hydrogen-bond acceptors (Lipinski definition) is 2. The van der Waals surface area contributed by atoms with Crippen LogP contribution in [-0.2, 0) is 0 Å². The second-order valence-electron chi connectivity index (χ2n) is 2.46. The van der Waals surface area contributed by atoms with Crippen LogP contribution < -0.4 is 10.1 Å². The predicted octanol–water partition coefficient (Wildman–Crippen LogP) is 1.55. The van der Waals surface area contributed by atoms with E-state index in [4.69, 9.17) is 4.74 Å². The van der Waals surface area contributed by atoms with Crippen molar-refractivity contribution in [2.75, 3.05) is 13.8 Å². The Bertz CT molecular complexity index is 205. The maximum absolute atomic E-state index is 5.30. The van der Waals surface area contributed by atoms with Gasteiger partial charge in [-0.05, 0) is 26.1 Å². The molecule has 0 aliphatic heterocycles. The lowest BCUT2D eigenvalue weighted by Crippen LogP contribution is -2.13. The molecule has 11 heavy (non-hydrogen) atoms. The first-order chi connectivity index (χ1) is 5.33. The number of hydrogen-bond donors (Lipinski definition) is 1. The average molecular weight is 151 g/mol. The zero-order valence-corrected chi connectivity index (χ0v) is 6.92. The van der Waals surface area contributed by atoms with Crippen molar-refractivity contribution in [2.45, 2.75) is 6.92 Å². The Labute approximate surface area is 67.2 Å². The maximum Gasteiger partial charge on any atom is 0.139 e. The molecule has 0 saturated carbocycles. The lowest BCUT2D eigenvalue weighted by molar-refractivity contribution is 0.296. The van der Waals surface area contributed by atoms with E-state index >= 15 is 0 Å². The van der Waals surface area contributed by atoms with Crippen LogP contribution in [0.1, 0.15) is 5.56 Å². The zero-order valence-electron chi connectivity index (χ0n) is 6.92. The molecular weight excluding hydrogens is 138 g/mol. The quantitative estimate of drug-likeness (QED) is 0.662. The lowest BCUT2D eigenvalue weighted by atomic mass is 10.2. The number of benzene rings is 1. The van der Waals surface area contributed by atoms with E-state index in [1.807, 2.05) is 31.3 Å². The van der Waals surface area contributed by atoms with Gasteiger partial charge in [-0.3, -0.25) is 5.32 Å². The summed E-state index contributed by atoms with van der Waals surface area (Å²) >= 11 is 0. The summed E-state index contributed by atoms with van der Waals surface area (Å²) in [5, 5.41) is 2.91. The van der Waals surface area contributed by atoms with Crippen molar-refractivity contribution >= 4 is 0 Å². The van der Waals surface area contributed by atoms with Crippen LogP contribution in [0.4, 0.5) is 0 Å². The van der Waals surface area contributed by atoms with Gasteiger partial charge in [0.25, 0.3) is 0 Å². The van der Waals surface area contributed by atoms with Crippen LogP contribution in [0, 0.1) is 6.92 Å². The predicted molar refractivity (Wildman–Crippen MR) is 45.7 cm³/mol. The molecule has 0 aliphatic rings. The van der Waals surface area contributed by atoms with Crippen LogP contribution in [0.5, 0.6) is 5.75 Å². The highest BCUT2D eigenvalue weighted by atomic mass is 16.5. The number of rotatable bonds is 3. The molecule has 2 heteroatoms. The first kappa shape index (κ1) is 8.08. The Hall–Kier alpha value is -1.02. The monoisotopic (exact) mass is 151 g/mol. The summed E-state index contributed by atoms with van der Waals surface area (Å²) < 4.78 is 5.30. The van der Waals surface area contributed by atoms with Crippen LogP contribution in [0.2, 0.25) is 0 Å². The molecule has 0 heterocycles. The Morgan fingerprint density at radius 3 is 2.45 bits per heavy atom. The van der Waals surface area contributed by atoms with Gasteiger partial charge in [0, 0.05) is 0 Å². The van der Waals surface area contributed by atoms with Gasteiger partial charge in [-0.2, -0.15) is 0 Å². The maximum atomic E-state index is 5.30. The molecule has 0 fully saturated rings. The minimum atomic E-state index is 0.559. The molecule has 0 atom stereocenters. The van der Waals surface area contributed by atoms with E-state index in [0.717, 1.165) is 5.75 Å². The Balaban J connectivity index is 2.52. The van der Waals surface area contributed by atoms with Crippen molar-refractivity contribution in [1.29, 1.82) is 0 Å². The van der Waals surface area contributed by atoms with E-state index < -0.39 is 0 Å². The van der Waals surface area contributed by atoms with E-state index in [1.165, 1.54) is 5.56 Å². The van der Waals surface area contributed by atoms with Crippen molar-refractivity contribution in [3.63, 3.8) is 0 Å². The third-order valence-corrected chi connectivity index (χ3v) is 1.40. The fourth-order valence-electron chi connectivity index (χ4n) is 0.790. The summed E-state index contributed by atoms with van der Waals surface area (Å²) in [5.41, 5.74) is 1.25. The van der Waals surface area contributed by atoms with Gasteiger partial charge >= 0.3 is 0 Å². The van der Waals surface area contributed by atoms with Crippen LogP contribution in [0.25, 0.3) is 0 Å². The number of aryl methyl sites for hydroxylation is 1. The molecule has 60 valence electrons. The Kier molecular flexibility index (Phi) is 2.93. The summed E-state index contributed by atoms with van der Waals surface area (Å²) in [6, 6.07) is 8.00. The lowest BCUT2D eigenvalue weighted by Gasteiger charge is -2.03. The Morgan fingerprint density at radius 1 is 1.27 bits per heavy atom. The fourth-order valence-corrected chi connectivity index (χ4v) is 0.790. The molecule has 1 aromatic carbocycles. The third kappa shape index (κ3) is 2.60. The summed E-state index contributed by atoms with van der Waals surface area (Å²) in [7, 11) is 1.86. The summed E-state index contributed by atoms with van der Waals surface area (Å²) in [5.74, 6) is 0.907. The highest BCUT2D eigenvalue weighted by molar-refractivity contribution is 5.26. The van der Waals surface area contributed by atoms with Gasteiger partial charge in [-0.15, -0.1) is 0 Å². The van der Waals surface area contributed by atoms with Gasteiger partial charge < -0.3 is 4.74 Å². The molecule has 0 amide bonds. The van der Waals surface area contributed by atoms with Crippen molar-refractivity contribution in [1.82, 2.24) is 5.32 Å². The standard InChI is InChI=1S/C9H13NO/c1-8-3-5-9(6-4-8)11-7-10-2/h3-6,10H,7H2,1-2H3. The van der Waals surface area contributed by atoms with Gasteiger partial charge in [-0.25, -0.2) is 0 Å². The third-order valence-electron chi connectivity index (χ3n) is 1.40. The summed E-state index contributed by atoms with van der Waals surface area (Å²) in [6.45, 7) is 2.62. The molecule has 0 unspecified atom stereocenters. The second-order valence-corrected chi connectivity index (χ2v) is 2.46. The normalized spacial score (nSPS) is 9.64. The smallest absolute Gasteiger partial charge is 0.139 e. The molecule has 0 spiro atoms. The molecule has 0 saturated heterocycles. The largest absolute Gasteiger partial charge is 0.478 e. The highest BCUT2D eigenvalue weighted by Gasteiger charge is 1.89. The molecular formula is C9H13NO. The summed E-state index contributed by atoms with van der Waals surface area (Å²) in [4.78, 5) is 0. The fraction of sp³-hybridized carbons (Fsp3) is 0.333. The van der Waals surface area contributed by atoms with E-state index in [0.29, 0.717) is 6.73 Å². The van der Waals surface area contributed by atoms with E-state index in [-0.39, 0.29) is 0 Å². The van der Waals surface area contributed by atoms with Crippen molar-refractivity contribution in [2.24, 2.45) is 0 Å². The molecule has 1 aromatic rings.